The van der Waals surface area contributed by atoms with Crippen LogP contribution in [-0.2, 0) is 14.8 Å². The summed E-state index contributed by atoms with van der Waals surface area (Å²) in [7, 11) is -3.16. The van der Waals surface area contributed by atoms with E-state index in [-0.39, 0.29) is 24.5 Å². The first kappa shape index (κ1) is 17.4. The maximum absolute atomic E-state index is 12.1. The largest absolute Gasteiger partial charge is 0.394 e. The van der Waals surface area contributed by atoms with Crippen LogP contribution in [0.4, 0.5) is 0 Å². The van der Waals surface area contributed by atoms with Crippen molar-refractivity contribution in [2.45, 2.75) is 39.2 Å². The van der Waals surface area contributed by atoms with Crippen molar-refractivity contribution in [1.82, 2.24) is 9.62 Å². The van der Waals surface area contributed by atoms with Gasteiger partial charge in [-0.05, 0) is 25.2 Å². The van der Waals surface area contributed by atoms with Crippen molar-refractivity contribution >= 4 is 15.9 Å². The predicted molar refractivity (Wildman–Crippen MR) is 77.6 cm³/mol. The number of aliphatic hydroxyl groups is 1. The Bertz CT molecular complexity index is 414. The van der Waals surface area contributed by atoms with E-state index >= 15 is 0 Å². The van der Waals surface area contributed by atoms with Crippen molar-refractivity contribution in [1.29, 1.82) is 0 Å². The zero-order chi connectivity index (χ0) is 15.3. The Morgan fingerprint density at radius 1 is 1.35 bits per heavy atom. The quantitative estimate of drug-likeness (QED) is 0.733. The molecule has 0 radical (unpaired) electrons. The highest BCUT2D eigenvalue weighted by molar-refractivity contribution is 7.88. The van der Waals surface area contributed by atoms with E-state index in [4.69, 9.17) is 0 Å². The number of hydrogen-bond acceptors (Lipinski definition) is 4. The van der Waals surface area contributed by atoms with E-state index in [1.807, 2.05) is 13.8 Å². The monoisotopic (exact) mass is 306 g/mol. The lowest BCUT2D eigenvalue weighted by Gasteiger charge is -2.30. The molecule has 1 heterocycles. The molecule has 1 aliphatic heterocycles. The Morgan fingerprint density at radius 2 is 1.90 bits per heavy atom. The van der Waals surface area contributed by atoms with Crippen LogP contribution in [0.15, 0.2) is 0 Å². The van der Waals surface area contributed by atoms with Gasteiger partial charge >= 0.3 is 0 Å². The lowest BCUT2D eigenvalue weighted by molar-refractivity contribution is -0.127. The highest BCUT2D eigenvalue weighted by atomic mass is 32.2. The average Bonchev–Trinajstić information content (AvgIpc) is 2.36. The van der Waals surface area contributed by atoms with Gasteiger partial charge in [0.2, 0.25) is 15.9 Å². The van der Waals surface area contributed by atoms with Crippen LogP contribution in [0.1, 0.15) is 33.1 Å². The van der Waals surface area contributed by atoms with E-state index in [0.717, 1.165) is 6.42 Å². The van der Waals surface area contributed by atoms with Gasteiger partial charge in [0.15, 0.2) is 0 Å². The van der Waals surface area contributed by atoms with Crippen LogP contribution >= 0.6 is 0 Å². The standard InChI is InChI=1S/C13H26N2O4S/c1-10(2)8-12(9-16)14-13(17)11-4-6-15(7-5-11)20(3,18)19/h10-12,16H,4-9H2,1-3H3,(H,14,17). The molecule has 0 aromatic rings. The molecule has 1 unspecified atom stereocenters. The summed E-state index contributed by atoms with van der Waals surface area (Å²) in [6.07, 6.45) is 3.01. The first-order valence-electron chi connectivity index (χ1n) is 7.10. The maximum Gasteiger partial charge on any atom is 0.223 e. The number of aliphatic hydroxyl groups excluding tert-OH is 1. The smallest absolute Gasteiger partial charge is 0.223 e. The van der Waals surface area contributed by atoms with Crippen LogP contribution in [-0.4, -0.2) is 55.7 Å². The number of amides is 1. The minimum atomic E-state index is -3.16. The van der Waals surface area contributed by atoms with Crippen LogP contribution in [0.2, 0.25) is 0 Å². The van der Waals surface area contributed by atoms with Crippen molar-refractivity contribution in [2.24, 2.45) is 11.8 Å². The number of nitrogens with one attached hydrogen (secondary N) is 1. The molecule has 1 rings (SSSR count). The third-order valence-electron chi connectivity index (χ3n) is 3.62. The molecule has 118 valence electrons. The molecule has 0 bridgehead atoms. The maximum atomic E-state index is 12.1. The Balaban J connectivity index is 2.46. The summed E-state index contributed by atoms with van der Waals surface area (Å²) in [5.41, 5.74) is 0. The lowest BCUT2D eigenvalue weighted by Crippen LogP contribution is -2.46. The third-order valence-corrected chi connectivity index (χ3v) is 4.92. The molecular weight excluding hydrogens is 280 g/mol. The molecule has 1 saturated heterocycles. The number of rotatable bonds is 6. The van der Waals surface area contributed by atoms with Gasteiger partial charge in [-0.3, -0.25) is 4.79 Å². The Labute approximate surface area is 121 Å². The number of carbonyl (C=O) groups is 1. The molecule has 0 saturated carbocycles. The zero-order valence-electron chi connectivity index (χ0n) is 12.5. The summed E-state index contributed by atoms with van der Waals surface area (Å²) in [6.45, 7) is 4.81. The summed E-state index contributed by atoms with van der Waals surface area (Å²) in [5.74, 6) is 0.173. The van der Waals surface area contributed by atoms with Gasteiger partial charge in [-0.1, -0.05) is 13.8 Å². The molecular formula is C13H26N2O4S. The first-order chi connectivity index (χ1) is 9.24. The molecule has 1 amide bonds. The summed E-state index contributed by atoms with van der Waals surface area (Å²) in [4.78, 5) is 12.1. The normalized spacial score (nSPS) is 20.1. The van der Waals surface area contributed by atoms with E-state index in [9.17, 15) is 18.3 Å². The van der Waals surface area contributed by atoms with Crippen LogP contribution in [0.5, 0.6) is 0 Å². The van der Waals surface area contributed by atoms with Crippen LogP contribution in [0.25, 0.3) is 0 Å². The second-order valence-corrected chi connectivity index (χ2v) is 7.94. The molecule has 6 nitrogen and oxygen atoms in total. The zero-order valence-corrected chi connectivity index (χ0v) is 13.3. The molecule has 0 aromatic heterocycles. The average molecular weight is 306 g/mol. The number of sulfonamides is 1. The predicted octanol–water partition coefficient (Wildman–Crippen LogP) is 0.181. The number of nitrogens with zero attached hydrogens (tertiary/aromatic N) is 1. The summed E-state index contributed by atoms with van der Waals surface area (Å²) in [5, 5.41) is 12.1. The third kappa shape index (κ3) is 5.38. The van der Waals surface area contributed by atoms with Gasteiger partial charge in [-0.2, -0.15) is 0 Å². The number of carbonyl (C=O) groups excluding carboxylic acids is 1. The molecule has 1 aliphatic rings. The summed E-state index contributed by atoms with van der Waals surface area (Å²) in [6, 6.07) is -0.213. The SMILES string of the molecule is CC(C)CC(CO)NC(=O)C1CCN(S(C)(=O)=O)CC1. The number of hydrogen-bond donors (Lipinski definition) is 2. The molecule has 0 aromatic carbocycles. The van der Waals surface area contributed by atoms with Gasteiger partial charge in [-0.15, -0.1) is 0 Å². The lowest BCUT2D eigenvalue weighted by atomic mass is 9.96. The van der Waals surface area contributed by atoms with Crippen molar-refractivity contribution in [3.05, 3.63) is 0 Å². The summed E-state index contributed by atoms with van der Waals surface area (Å²) >= 11 is 0. The molecule has 1 atom stereocenters. The molecule has 0 spiro atoms. The van der Waals surface area contributed by atoms with E-state index < -0.39 is 10.0 Å². The highest BCUT2D eigenvalue weighted by Gasteiger charge is 2.29. The first-order valence-corrected chi connectivity index (χ1v) is 8.95. The van der Waals surface area contributed by atoms with Crippen molar-refractivity contribution in [2.75, 3.05) is 26.0 Å². The van der Waals surface area contributed by atoms with E-state index in [1.165, 1.54) is 10.6 Å². The molecule has 7 heteroatoms. The number of piperidine rings is 1. The van der Waals surface area contributed by atoms with Crippen LogP contribution < -0.4 is 5.32 Å². The van der Waals surface area contributed by atoms with E-state index in [2.05, 4.69) is 5.32 Å². The fourth-order valence-corrected chi connectivity index (χ4v) is 3.39. The Morgan fingerprint density at radius 3 is 2.30 bits per heavy atom. The van der Waals surface area contributed by atoms with Crippen LogP contribution in [0.3, 0.4) is 0 Å². The fourth-order valence-electron chi connectivity index (χ4n) is 2.52. The van der Waals surface area contributed by atoms with Gasteiger partial charge in [0.25, 0.3) is 0 Å². The van der Waals surface area contributed by atoms with Crippen molar-refractivity contribution < 1.29 is 18.3 Å². The molecule has 0 aliphatic carbocycles. The van der Waals surface area contributed by atoms with Gasteiger partial charge < -0.3 is 10.4 Å². The Hall–Kier alpha value is -0.660. The van der Waals surface area contributed by atoms with E-state index in [1.54, 1.807) is 0 Å². The molecule has 1 fully saturated rings. The fraction of sp³-hybridized carbons (Fsp3) is 0.923. The van der Waals surface area contributed by atoms with Gasteiger partial charge in [0.05, 0.1) is 18.9 Å². The minimum absolute atomic E-state index is 0.0634. The highest BCUT2D eigenvalue weighted by Crippen LogP contribution is 2.19. The van der Waals surface area contributed by atoms with Gasteiger partial charge in [-0.25, -0.2) is 12.7 Å². The second kappa shape index (κ2) is 7.38. The molecule has 20 heavy (non-hydrogen) atoms. The van der Waals surface area contributed by atoms with Gasteiger partial charge in [0, 0.05) is 19.0 Å². The summed E-state index contributed by atoms with van der Waals surface area (Å²) < 4.78 is 24.2. The van der Waals surface area contributed by atoms with Crippen molar-refractivity contribution in [3.8, 4) is 0 Å². The van der Waals surface area contributed by atoms with E-state index in [0.29, 0.717) is 31.8 Å². The minimum Gasteiger partial charge on any atom is -0.394 e. The van der Waals surface area contributed by atoms with Gasteiger partial charge in [0.1, 0.15) is 0 Å². The van der Waals surface area contributed by atoms with Crippen molar-refractivity contribution in [3.63, 3.8) is 0 Å². The second-order valence-electron chi connectivity index (χ2n) is 5.95. The topological polar surface area (TPSA) is 86.7 Å². The molecule has 2 N–H and O–H groups in total. The van der Waals surface area contributed by atoms with Crippen LogP contribution in [0, 0.1) is 11.8 Å². The Kier molecular flexibility index (Phi) is 6.42.